The molecule has 26 heavy (non-hydrogen) atoms. The number of fused-ring (bicyclic) bond motifs is 1. The number of rotatable bonds is 3. The smallest absolute Gasteiger partial charge is 0.485 e. The van der Waals surface area contributed by atoms with E-state index in [9.17, 15) is 13.2 Å². The Labute approximate surface area is 154 Å². The van der Waals surface area contributed by atoms with Crippen LogP contribution in [0.5, 0.6) is 5.75 Å². The van der Waals surface area contributed by atoms with E-state index in [1.54, 1.807) is 11.8 Å². The second kappa shape index (κ2) is 8.49. The molecule has 0 aliphatic carbocycles. The predicted octanol–water partition coefficient (Wildman–Crippen LogP) is 3.94. The Morgan fingerprint density at radius 1 is 1.23 bits per heavy atom. The van der Waals surface area contributed by atoms with Gasteiger partial charge < -0.3 is 9.29 Å². The van der Waals surface area contributed by atoms with Gasteiger partial charge in [-0.15, -0.1) is 0 Å². The van der Waals surface area contributed by atoms with Gasteiger partial charge in [-0.2, -0.15) is 13.2 Å². The fraction of sp³-hybridized carbons (Fsp3) is 0.412. The lowest BCUT2D eigenvalue weighted by Gasteiger charge is -2.14. The minimum absolute atomic E-state index is 0.664. The van der Waals surface area contributed by atoms with E-state index in [0.29, 0.717) is 5.25 Å². The molecule has 0 bridgehead atoms. The van der Waals surface area contributed by atoms with Crippen molar-refractivity contribution in [3.05, 3.63) is 42.0 Å². The molecule has 9 heteroatoms. The van der Waals surface area contributed by atoms with E-state index in [2.05, 4.69) is 43.3 Å². The molecule has 1 atom stereocenters. The molecule has 0 amide bonds. The van der Waals surface area contributed by atoms with Crippen LogP contribution >= 0.6 is 0 Å². The van der Waals surface area contributed by atoms with Crippen LogP contribution in [-0.2, 0) is 21.9 Å². The van der Waals surface area contributed by atoms with Crippen molar-refractivity contribution >= 4 is 32.7 Å². The maximum Gasteiger partial charge on any atom is 0.485 e. The molecule has 1 fully saturated rings. The van der Waals surface area contributed by atoms with Crippen molar-refractivity contribution in [1.82, 2.24) is 0 Å². The number of alkyl halides is 3. The molecule has 2 aromatic carbocycles. The van der Waals surface area contributed by atoms with Gasteiger partial charge in [-0.1, -0.05) is 30.3 Å². The molecule has 0 spiro atoms. The molecule has 1 aliphatic rings. The third-order valence-corrected chi connectivity index (χ3v) is 5.93. The fourth-order valence-electron chi connectivity index (χ4n) is 2.76. The van der Waals surface area contributed by atoms with Crippen LogP contribution in [0.2, 0.25) is 0 Å². The average Bonchev–Trinajstić information content (AvgIpc) is 3.07. The van der Waals surface area contributed by atoms with Crippen molar-refractivity contribution in [3.8, 4) is 5.75 Å². The second-order valence-electron chi connectivity index (χ2n) is 5.60. The third-order valence-electron chi connectivity index (χ3n) is 3.83. The summed E-state index contributed by atoms with van der Waals surface area (Å²) in [5.74, 6) is 2.43. The summed E-state index contributed by atoms with van der Waals surface area (Å²) in [5, 5.41) is 3.37. The second-order valence-corrected chi connectivity index (χ2v) is 8.40. The maximum absolute atomic E-state index is 10.7. The van der Waals surface area contributed by atoms with Crippen LogP contribution in [0.4, 0.5) is 13.2 Å². The van der Waals surface area contributed by atoms with Crippen molar-refractivity contribution in [2.75, 3.05) is 12.4 Å². The minimum Gasteiger partial charge on any atom is -0.741 e. The highest BCUT2D eigenvalue weighted by atomic mass is 32.2. The van der Waals surface area contributed by atoms with Gasteiger partial charge in [0.2, 0.25) is 0 Å². The molecular formula is C17H19F3O4S2. The summed E-state index contributed by atoms with van der Waals surface area (Å²) in [6.45, 7) is 2.81. The maximum atomic E-state index is 10.7. The van der Waals surface area contributed by atoms with Gasteiger partial charge in [-0.25, -0.2) is 8.42 Å². The van der Waals surface area contributed by atoms with Gasteiger partial charge in [0.1, 0.15) is 16.8 Å². The highest BCUT2D eigenvalue weighted by Crippen LogP contribution is 2.40. The molecule has 1 aliphatic heterocycles. The molecule has 0 radical (unpaired) electrons. The summed E-state index contributed by atoms with van der Waals surface area (Å²) >= 11 is 1.57. The molecular weight excluding hydrogens is 389 g/mol. The van der Waals surface area contributed by atoms with E-state index in [-0.39, 0.29) is 0 Å². The van der Waals surface area contributed by atoms with Crippen molar-refractivity contribution in [3.63, 3.8) is 0 Å². The van der Waals surface area contributed by atoms with E-state index < -0.39 is 15.6 Å². The van der Waals surface area contributed by atoms with Crippen LogP contribution in [0.15, 0.2) is 36.4 Å². The standard InChI is InChI=1S/C16H18OS.CHF3O3S/c1-2-17-14-10-9-12-6-3-4-7-13(12)16(14)15-8-5-11-18-15;2-1(3,4)8(5,6)7/h3-4,6-7,9-10,15H,2,5,8,11H2,1H3;(H,5,6,7). The minimum atomic E-state index is -6.09. The Kier molecular flexibility index (Phi) is 6.81. The molecule has 144 valence electrons. The SMILES string of the molecule is CCOc1ccc2ccccc2c1C1CCC[SH+]1.O=S(=O)([O-])C(F)(F)F. The lowest BCUT2D eigenvalue weighted by Crippen LogP contribution is -2.21. The average molecular weight is 408 g/mol. The molecule has 2 aromatic rings. The lowest BCUT2D eigenvalue weighted by atomic mass is 9.99. The van der Waals surface area contributed by atoms with Crippen LogP contribution in [0.25, 0.3) is 10.8 Å². The molecule has 1 unspecified atom stereocenters. The van der Waals surface area contributed by atoms with Gasteiger partial charge >= 0.3 is 5.51 Å². The van der Waals surface area contributed by atoms with Gasteiger partial charge in [0.25, 0.3) is 0 Å². The summed E-state index contributed by atoms with van der Waals surface area (Å²) in [5.41, 5.74) is -4.21. The zero-order valence-electron chi connectivity index (χ0n) is 14.0. The van der Waals surface area contributed by atoms with Crippen LogP contribution in [0.1, 0.15) is 30.6 Å². The molecule has 0 aromatic heterocycles. The van der Waals surface area contributed by atoms with Gasteiger partial charge in [-0.05, 0) is 41.9 Å². The zero-order valence-corrected chi connectivity index (χ0v) is 15.7. The quantitative estimate of drug-likeness (QED) is 0.334. The highest BCUT2D eigenvalue weighted by Gasteiger charge is 2.37. The number of benzene rings is 2. The van der Waals surface area contributed by atoms with Gasteiger partial charge in [-0.3, -0.25) is 0 Å². The summed E-state index contributed by atoms with van der Waals surface area (Å²) in [6, 6.07) is 13.0. The topological polar surface area (TPSA) is 66.4 Å². The first-order chi connectivity index (χ1) is 12.1. The number of thiol groups is 1. The number of ether oxygens (including phenoxy) is 1. The summed E-state index contributed by atoms with van der Waals surface area (Å²) in [6.07, 6.45) is 2.65. The van der Waals surface area contributed by atoms with E-state index in [4.69, 9.17) is 17.7 Å². The van der Waals surface area contributed by atoms with E-state index >= 15 is 0 Å². The van der Waals surface area contributed by atoms with Crippen LogP contribution in [0, 0.1) is 0 Å². The number of halogens is 3. The van der Waals surface area contributed by atoms with Crippen molar-refractivity contribution in [2.45, 2.75) is 30.5 Å². The van der Waals surface area contributed by atoms with E-state index in [1.807, 2.05) is 0 Å². The van der Waals surface area contributed by atoms with Gasteiger partial charge in [0, 0.05) is 6.42 Å². The molecule has 1 heterocycles. The lowest BCUT2D eigenvalue weighted by molar-refractivity contribution is -0.0517. The Balaban J connectivity index is 0.000000260. The molecule has 0 saturated carbocycles. The largest absolute Gasteiger partial charge is 0.741 e. The summed E-state index contributed by atoms with van der Waals surface area (Å²) in [7, 11) is -6.09. The van der Waals surface area contributed by atoms with E-state index in [1.165, 1.54) is 34.9 Å². The first kappa shape index (κ1) is 20.9. The fourth-order valence-corrected chi connectivity index (χ4v) is 4.25. The van der Waals surface area contributed by atoms with Crippen molar-refractivity contribution < 1.29 is 30.9 Å². The highest BCUT2D eigenvalue weighted by molar-refractivity contribution is 7.86. The predicted molar refractivity (Wildman–Crippen MR) is 96.5 cm³/mol. The Morgan fingerprint density at radius 3 is 2.42 bits per heavy atom. The molecule has 0 N–H and O–H groups in total. The number of hydrogen-bond acceptors (Lipinski definition) is 4. The zero-order chi connectivity index (χ0) is 19.4. The summed E-state index contributed by atoms with van der Waals surface area (Å²) < 4.78 is 64.8. The first-order valence-electron chi connectivity index (χ1n) is 7.98. The molecule has 3 rings (SSSR count). The molecule has 4 nitrogen and oxygen atoms in total. The Morgan fingerprint density at radius 2 is 1.88 bits per heavy atom. The van der Waals surface area contributed by atoms with E-state index in [0.717, 1.165) is 12.4 Å². The van der Waals surface area contributed by atoms with Crippen molar-refractivity contribution in [1.29, 1.82) is 0 Å². The van der Waals surface area contributed by atoms with Crippen LogP contribution < -0.4 is 4.74 Å². The Bertz CT molecular complexity index is 845. The normalized spacial score (nSPS) is 17.7. The first-order valence-corrected chi connectivity index (χ1v) is 10.5. The monoisotopic (exact) mass is 408 g/mol. The summed E-state index contributed by atoms with van der Waals surface area (Å²) in [4.78, 5) is 0. The Hall–Kier alpha value is -1.45. The van der Waals surface area contributed by atoms with Gasteiger partial charge in [0.15, 0.2) is 10.1 Å². The van der Waals surface area contributed by atoms with Gasteiger partial charge in [0.05, 0.1) is 12.2 Å². The van der Waals surface area contributed by atoms with Crippen LogP contribution in [0.3, 0.4) is 0 Å². The molecule has 1 saturated heterocycles. The number of hydrogen-bond donors (Lipinski definition) is 0. The third kappa shape index (κ3) is 5.05. The van der Waals surface area contributed by atoms with Crippen LogP contribution in [-0.4, -0.2) is 30.8 Å². The van der Waals surface area contributed by atoms with Crippen molar-refractivity contribution in [2.24, 2.45) is 0 Å².